The lowest BCUT2D eigenvalue weighted by molar-refractivity contribution is -0.882. The lowest BCUT2D eigenvalue weighted by Crippen LogP contribution is -3.09. The Labute approximate surface area is 59.3 Å². The van der Waals surface area contributed by atoms with Crippen LogP contribution in [0.25, 0.3) is 0 Å². The highest BCUT2D eigenvalue weighted by Crippen LogP contribution is 2.15. The van der Waals surface area contributed by atoms with E-state index >= 15 is 0 Å². The molecule has 0 atom stereocenters. The molecule has 10 heavy (non-hydrogen) atoms. The predicted molar refractivity (Wildman–Crippen MR) is 35.1 cm³/mol. The molecule has 0 radical (unpaired) electrons. The van der Waals surface area contributed by atoms with Gasteiger partial charge in [-0.2, -0.15) is 8.78 Å². The Morgan fingerprint density at radius 3 is 2.20 bits per heavy atom. The van der Waals surface area contributed by atoms with E-state index in [0.29, 0.717) is 18.4 Å². The molecule has 1 saturated heterocycles. The lowest BCUT2D eigenvalue weighted by Gasteiger charge is -2.20. The SMILES string of the molecule is C[NH+]1CCC(=C(F)F)CC1. The Morgan fingerprint density at radius 1 is 1.30 bits per heavy atom. The summed E-state index contributed by atoms with van der Waals surface area (Å²) in [6.07, 6.45) is -0.296. The van der Waals surface area contributed by atoms with Crippen molar-refractivity contribution in [2.24, 2.45) is 0 Å². The first-order chi connectivity index (χ1) is 4.70. The number of hydrogen-bond donors (Lipinski definition) is 1. The van der Waals surface area contributed by atoms with E-state index in [2.05, 4.69) is 0 Å². The Kier molecular flexibility index (Phi) is 2.38. The smallest absolute Gasteiger partial charge is 0.269 e. The Balaban J connectivity index is 2.48. The van der Waals surface area contributed by atoms with E-state index in [0.717, 1.165) is 13.1 Å². The van der Waals surface area contributed by atoms with Gasteiger partial charge in [0, 0.05) is 18.4 Å². The molecule has 0 spiro atoms. The fourth-order valence-electron chi connectivity index (χ4n) is 1.17. The van der Waals surface area contributed by atoms with Crippen LogP contribution < -0.4 is 4.90 Å². The average Bonchev–Trinajstić information content (AvgIpc) is 1.88. The van der Waals surface area contributed by atoms with E-state index in [1.54, 1.807) is 0 Å². The van der Waals surface area contributed by atoms with Crippen molar-refractivity contribution in [2.75, 3.05) is 20.1 Å². The van der Waals surface area contributed by atoms with Gasteiger partial charge in [-0.1, -0.05) is 0 Å². The van der Waals surface area contributed by atoms with Crippen LogP contribution in [0.2, 0.25) is 0 Å². The first-order valence-electron chi connectivity index (χ1n) is 3.54. The minimum atomic E-state index is -1.45. The maximum atomic E-state index is 11.9. The van der Waals surface area contributed by atoms with Gasteiger partial charge in [-0.25, -0.2) is 0 Å². The Hall–Kier alpha value is -0.440. The van der Waals surface area contributed by atoms with Crippen molar-refractivity contribution in [3.8, 4) is 0 Å². The minimum Gasteiger partial charge on any atom is -0.337 e. The summed E-state index contributed by atoms with van der Waals surface area (Å²) in [5, 5.41) is 0. The number of piperidine rings is 1. The van der Waals surface area contributed by atoms with Gasteiger partial charge in [0.1, 0.15) is 0 Å². The quantitative estimate of drug-likeness (QED) is 0.508. The largest absolute Gasteiger partial charge is 0.337 e. The maximum Gasteiger partial charge on any atom is 0.269 e. The molecule has 3 heteroatoms. The van der Waals surface area contributed by atoms with Crippen molar-refractivity contribution >= 4 is 0 Å². The van der Waals surface area contributed by atoms with Crippen LogP contribution in [0.4, 0.5) is 8.78 Å². The highest BCUT2D eigenvalue weighted by molar-refractivity contribution is 5.03. The normalized spacial score (nSPS) is 26.7. The minimum absolute atomic E-state index is 0.366. The zero-order valence-corrected chi connectivity index (χ0v) is 6.08. The molecule has 0 unspecified atom stereocenters. The fourth-order valence-corrected chi connectivity index (χ4v) is 1.17. The topological polar surface area (TPSA) is 4.44 Å². The van der Waals surface area contributed by atoms with Crippen LogP contribution in [-0.2, 0) is 0 Å². The molecule has 0 saturated carbocycles. The van der Waals surface area contributed by atoms with Crippen molar-refractivity contribution in [1.82, 2.24) is 0 Å². The summed E-state index contributed by atoms with van der Waals surface area (Å²) >= 11 is 0. The first kappa shape index (κ1) is 7.66. The second kappa shape index (κ2) is 3.10. The molecule has 1 aliphatic rings. The molecule has 0 amide bonds. The van der Waals surface area contributed by atoms with Gasteiger partial charge in [0.25, 0.3) is 6.08 Å². The highest BCUT2D eigenvalue weighted by Gasteiger charge is 2.16. The number of quaternary nitrogens is 1. The van der Waals surface area contributed by atoms with Gasteiger partial charge < -0.3 is 4.90 Å². The van der Waals surface area contributed by atoms with Gasteiger partial charge in [0.2, 0.25) is 0 Å². The van der Waals surface area contributed by atoms with Crippen LogP contribution in [0.5, 0.6) is 0 Å². The van der Waals surface area contributed by atoms with E-state index in [1.165, 1.54) is 4.90 Å². The molecule has 1 aliphatic heterocycles. The molecule has 0 aromatic carbocycles. The third-order valence-corrected chi connectivity index (χ3v) is 1.97. The number of rotatable bonds is 0. The molecular formula is C7H12F2N+. The third kappa shape index (κ3) is 1.77. The monoisotopic (exact) mass is 148 g/mol. The molecular weight excluding hydrogens is 136 g/mol. The molecule has 0 aliphatic carbocycles. The second-order valence-corrected chi connectivity index (χ2v) is 2.82. The van der Waals surface area contributed by atoms with Gasteiger partial charge in [-0.05, 0) is 0 Å². The van der Waals surface area contributed by atoms with E-state index in [9.17, 15) is 8.78 Å². The Morgan fingerprint density at radius 2 is 1.80 bits per heavy atom. The van der Waals surface area contributed by atoms with Crippen LogP contribution in [0.15, 0.2) is 11.7 Å². The van der Waals surface area contributed by atoms with Crippen LogP contribution in [0.1, 0.15) is 12.8 Å². The lowest BCUT2D eigenvalue weighted by atomic mass is 10.1. The predicted octanol–water partition coefficient (Wildman–Crippen LogP) is 0.446. The molecule has 58 valence electrons. The van der Waals surface area contributed by atoms with Crippen LogP contribution in [0, 0.1) is 0 Å². The fraction of sp³-hybridized carbons (Fsp3) is 0.714. The zero-order valence-electron chi connectivity index (χ0n) is 6.08. The van der Waals surface area contributed by atoms with Crippen LogP contribution >= 0.6 is 0 Å². The summed E-state index contributed by atoms with van der Waals surface area (Å²) in [6.45, 7) is 1.71. The molecule has 1 rings (SSSR count). The van der Waals surface area contributed by atoms with Crippen molar-refractivity contribution in [1.29, 1.82) is 0 Å². The van der Waals surface area contributed by atoms with E-state index in [1.807, 2.05) is 7.05 Å². The van der Waals surface area contributed by atoms with E-state index in [4.69, 9.17) is 0 Å². The molecule has 1 heterocycles. The summed E-state index contributed by atoms with van der Waals surface area (Å²) < 4.78 is 23.8. The van der Waals surface area contributed by atoms with Crippen molar-refractivity contribution < 1.29 is 13.7 Å². The van der Waals surface area contributed by atoms with Gasteiger partial charge in [-0.15, -0.1) is 0 Å². The molecule has 0 aromatic rings. The van der Waals surface area contributed by atoms with Gasteiger partial charge in [0.15, 0.2) is 0 Å². The van der Waals surface area contributed by atoms with Crippen molar-refractivity contribution in [3.63, 3.8) is 0 Å². The summed E-state index contributed by atoms with van der Waals surface area (Å²) in [4.78, 5) is 1.35. The third-order valence-electron chi connectivity index (χ3n) is 1.97. The van der Waals surface area contributed by atoms with E-state index in [-0.39, 0.29) is 0 Å². The average molecular weight is 148 g/mol. The summed E-state index contributed by atoms with van der Waals surface area (Å²) in [7, 11) is 2.03. The molecule has 0 bridgehead atoms. The highest BCUT2D eigenvalue weighted by atomic mass is 19.3. The van der Waals surface area contributed by atoms with Gasteiger partial charge in [0.05, 0.1) is 20.1 Å². The molecule has 1 N–H and O–H groups in total. The Bertz CT molecular complexity index is 140. The summed E-state index contributed by atoms with van der Waals surface area (Å²) in [5.74, 6) is 0. The molecule has 1 nitrogen and oxygen atoms in total. The molecule has 1 fully saturated rings. The van der Waals surface area contributed by atoms with E-state index < -0.39 is 6.08 Å². The summed E-state index contributed by atoms with van der Waals surface area (Å²) in [5.41, 5.74) is 0.366. The zero-order chi connectivity index (χ0) is 7.56. The molecule has 0 aromatic heterocycles. The first-order valence-corrected chi connectivity index (χ1v) is 3.54. The number of halogens is 2. The van der Waals surface area contributed by atoms with Gasteiger partial charge in [-0.3, -0.25) is 0 Å². The number of hydrogen-bond acceptors (Lipinski definition) is 0. The van der Waals surface area contributed by atoms with Crippen LogP contribution in [0.3, 0.4) is 0 Å². The number of likely N-dealkylation sites (tertiary alicyclic amines) is 1. The second-order valence-electron chi connectivity index (χ2n) is 2.82. The maximum absolute atomic E-state index is 11.9. The summed E-state index contributed by atoms with van der Waals surface area (Å²) in [6, 6.07) is 0. The standard InChI is InChI=1S/C7H11F2N/c1-10-4-2-6(3-5-10)7(8)9/h2-5H2,1H3/p+1. The van der Waals surface area contributed by atoms with Crippen LogP contribution in [-0.4, -0.2) is 20.1 Å². The van der Waals surface area contributed by atoms with Crippen molar-refractivity contribution in [2.45, 2.75) is 12.8 Å². The van der Waals surface area contributed by atoms with Gasteiger partial charge >= 0.3 is 0 Å². The van der Waals surface area contributed by atoms with Crippen molar-refractivity contribution in [3.05, 3.63) is 11.7 Å². The number of nitrogens with one attached hydrogen (secondary N) is 1.